The standard InChI is InChI=1S/C17H19FN2OS/c1-11-10-14(8-9-19-11)20-17(21)16-7-6-15(22-16)12-2-4-13(18)5-3-12/h2-7,11,14,19H,8-10H2,1H3,(H,20,21). The van der Waals surface area contributed by atoms with E-state index in [4.69, 9.17) is 0 Å². The number of carbonyl (C=O) groups is 1. The maximum absolute atomic E-state index is 13.0. The molecule has 5 heteroatoms. The van der Waals surface area contributed by atoms with Gasteiger partial charge in [-0.3, -0.25) is 4.79 Å². The van der Waals surface area contributed by atoms with Gasteiger partial charge >= 0.3 is 0 Å². The lowest BCUT2D eigenvalue weighted by Gasteiger charge is -2.28. The first-order valence-electron chi connectivity index (χ1n) is 7.52. The summed E-state index contributed by atoms with van der Waals surface area (Å²) in [4.78, 5) is 14.0. The highest BCUT2D eigenvalue weighted by Crippen LogP contribution is 2.28. The monoisotopic (exact) mass is 318 g/mol. The van der Waals surface area contributed by atoms with Crippen molar-refractivity contribution in [2.75, 3.05) is 6.54 Å². The van der Waals surface area contributed by atoms with Gasteiger partial charge in [-0.2, -0.15) is 0 Å². The molecule has 22 heavy (non-hydrogen) atoms. The van der Waals surface area contributed by atoms with Crippen LogP contribution in [0.2, 0.25) is 0 Å². The Morgan fingerprint density at radius 2 is 2.05 bits per heavy atom. The Labute approximate surface area is 133 Å². The van der Waals surface area contributed by atoms with Gasteiger partial charge in [0.25, 0.3) is 5.91 Å². The lowest BCUT2D eigenvalue weighted by atomic mass is 10.0. The number of hydrogen-bond donors (Lipinski definition) is 2. The maximum Gasteiger partial charge on any atom is 0.261 e. The second kappa shape index (κ2) is 6.58. The van der Waals surface area contributed by atoms with Crippen molar-refractivity contribution in [1.29, 1.82) is 0 Å². The Kier molecular flexibility index (Phi) is 4.55. The molecule has 116 valence electrons. The van der Waals surface area contributed by atoms with E-state index < -0.39 is 0 Å². The zero-order valence-electron chi connectivity index (χ0n) is 12.4. The van der Waals surface area contributed by atoms with Crippen molar-refractivity contribution in [2.45, 2.75) is 31.8 Å². The van der Waals surface area contributed by atoms with Crippen LogP contribution in [0, 0.1) is 5.82 Å². The molecular weight excluding hydrogens is 299 g/mol. The average molecular weight is 318 g/mol. The molecule has 0 spiro atoms. The quantitative estimate of drug-likeness (QED) is 0.910. The molecule has 1 saturated heterocycles. The van der Waals surface area contributed by atoms with E-state index >= 15 is 0 Å². The van der Waals surface area contributed by atoms with Crippen LogP contribution in [0.15, 0.2) is 36.4 Å². The molecule has 3 nitrogen and oxygen atoms in total. The van der Waals surface area contributed by atoms with E-state index in [2.05, 4.69) is 17.6 Å². The zero-order valence-corrected chi connectivity index (χ0v) is 13.3. The van der Waals surface area contributed by atoms with E-state index in [1.54, 1.807) is 12.1 Å². The van der Waals surface area contributed by atoms with E-state index in [1.807, 2.05) is 12.1 Å². The van der Waals surface area contributed by atoms with Crippen molar-refractivity contribution >= 4 is 17.2 Å². The third kappa shape index (κ3) is 3.54. The van der Waals surface area contributed by atoms with Crippen molar-refractivity contribution in [2.24, 2.45) is 0 Å². The minimum absolute atomic E-state index is 0.0162. The molecule has 2 unspecified atom stereocenters. The van der Waals surface area contributed by atoms with Crippen LogP contribution in [0.3, 0.4) is 0 Å². The third-order valence-corrected chi connectivity index (χ3v) is 5.05. The lowest BCUT2D eigenvalue weighted by Crippen LogP contribution is -2.46. The van der Waals surface area contributed by atoms with Gasteiger partial charge in [-0.15, -0.1) is 11.3 Å². The average Bonchev–Trinajstić information content (AvgIpc) is 2.98. The van der Waals surface area contributed by atoms with Crippen LogP contribution in [-0.2, 0) is 0 Å². The molecule has 2 heterocycles. The number of benzene rings is 1. The predicted molar refractivity (Wildman–Crippen MR) is 87.7 cm³/mol. The molecule has 2 aromatic rings. The summed E-state index contributed by atoms with van der Waals surface area (Å²) in [6.45, 7) is 3.08. The van der Waals surface area contributed by atoms with E-state index in [9.17, 15) is 9.18 Å². The number of hydrogen-bond acceptors (Lipinski definition) is 3. The fourth-order valence-corrected chi connectivity index (χ4v) is 3.66. The number of halogens is 1. The number of nitrogens with one attached hydrogen (secondary N) is 2. The number of rotatable bonds is 3. The second-order valence-corrected chi connectivity index (χ2v) is 6.80. The molecule has 1 amide bonds. The Morgan fingerprint density at radius 3 is 2.77 bits per heavy atom. The van der Waals surface area contributed by atoms with Crippen LogP contribution in [0.5, 0.6) is 0 Å². The van der Waals surface area contributed by atoms with Gasteiger partial charge in [-0.05, 0) is 56.1 Å². The summed E-state index contributed by atoms with van der Waals surface area (Å²) in [6, 6.07) is 10.8. The highest BCUT2D eigenvalue weighted by molar-refractivity contribution is 7.17. The molecule has 3 rings (SSSR count). The van der Waals surface area contributed by atoms with Crippen molar-refractivity contribution in [3.8, 4) is 10.4 Å². The van der Waals surface area contributed by atoms with Gasteiger partial charge in [-0.1, -0.05) is 12.1 Å². The van der Waals surface area contributed by atoms with Gasteiger partial charge in [0, 0.05) is 17.0 Å². The van der Waals surface area contributed by atoms with E-state index in [1.165, 1.54) is 23.5 Å². The van der Waals surface area contributed by atoms with Crippen molar-refractivity contribution < 1.29 is 9.18 Å². The lowest BCUT2D eigenvalue weighted by molar-refractivity contribution is 0.0930. The number of piperidine rings is 1. The minimum Gasteiger partial charge on any atom is -0.349 e. The zero-order chi connectivity index (χ0) is 15.5. The topological polar surface area (TPSA) is 41.1 Å². The molecule has 2 atom stereocenters. The SMILES string of the molecule is CC1CC(NC(=O)c2ccc(-c3ccc(F)cc3)s2)CCN1. The normalized spacial score (nSPS) is 21.5. The van der Waals surface area contributed by atoms with Crippen molar-refractivity contribution in [3.05, 3.63) is 47.1 Å². The van der Waals surface area contributed by atoms with E-state index in [0.29, 0.717) is 10.9 Å². The van der Waals surface area contributed by atoms with Gasteiger partial charge in [0.15, 0.2) is 0 Å². The fraction of sp³-hybridized carbons (Fsp3) is 0.353. The van der Waals surface area contributed by atoms with Gasteiger partial charge in [0.2, 0.25) is 0 Å². The van der Waals surface area contributed by atoms with Gasteiger partial charge < -0.3 is 10.6 Å². The molecule has 1 aromatic heterocycles. The highest BCUT2D eigenvalue weighted by atomic mass is 32.1. The van der Waals surface area contributed by atoms with Gasteiger partial charge in [0.05, 0.1) is 4.88 Å². The predicted octanol–water partition coefficient (Wildman–Crippen LogP) is 3.42. The number of carbonyl (C=O) groups excluding carboxylic acids is 1. The summed E-state index contributed by atoms with van der Waals surface area (Å²) < 4.78 is 13.0. The Morgan fingerprint density at radius 1 is 1.27 bits per heavy atom. The smallest absolute Gasteiger partial charge is 0.261 e. The molecule has 0 radical (unpaired) electrons. The van der Waals surface area contributed by atoms with Crippen LogP contribution in [0.4, 0.5) is 4.39 Å². The molecule has 0 aliphatic carbocycles. The van der Waals surface area contributed by atoms with E-state index in [-0.39, 0.29) is 17.8 Å². The fourth-order valence-electron chi connectivity index (χ4n) is 2.75. The molecule has 1 fully saturated rings. The van der Waals surface area contributed by atoms with Crippen LogP contribution >= 0.6 is 11.3 Å². The number of thiophene rings is 1. The first kappa shape index (κ1) is 15.2. The maximum atomic E-state index is 13.0. The molecule has 1 aromatic carbocycles. The first-order valence-corrected chi connectivity index (χ1v) is 8.33. The van der Waals surface area contributed by atoms with Crippen LogP contribution in [0.25, 0.3) is 10.4 Å². The third-order valence-electron chi connectivity index (χ3n) is 3.92. The summed E-state index contributed by atoms with van der Waals surface area (Å²) in [7, 11) is 0. The molecule has 1 aliphatic rings. The Bertz CT molecular complexity index is 653. The second-order valence-electron chi connectivity index (χ2n) is 5.72. The minimum atomic E-state index is -0.252. The van der Waals surface area contributed by atoms with Gasteiger partial charge in [-0.25, -0.2) is 4.39 Å². The summed E-state index contributed by atoms with van der Waals surface area (Å²) in [5.41, 5.74) is 0.931. The largest absolute Gasteiger partial charge is 0.349 e. The summed E-state index contributed by atoms with van der Waals surface area (Å²) in [5.74, 6) is -0.268. The molecular formula is C17H19FN2OS. The summed E-state index contributed by atoms with van der Waals surface area (Å²) in [6.07, 6.45) is 1.92. The molecule has 1 aliphatic heterocycles. The van der Waals surface area contributed by atoms with Gasteiger partial charge in [0.1, 0.15) is 5.82 Å². The molecule has 0 saturated carbocycles. The highest BCUT2D eigenvalue weighted by Gasteiger charge is 2.21. The Hall–Kier alpha value is -1.72. The van der Waals surface area contributed by atoms with Crippen LogP contribution in [0.1, 0.15) is 29.4 Å². The first-order chi connectivity index (χ1) is 10.6. The van der Waals surface area contributed by atoms with E-state index in [0.717, 1.165) is 29.8 Å². The summed E-state index contributed by atoms with van der Waals surface area (Å²) >= 11 is 1.44. The van der Waals surface area contributed by atoms with Crippen LogP contribution in [-0.4, -0.2) is 24.5 Å². The summed E-state index contributed by atoms with van der Waals surface area (Å²) in [5, 5.41) is 6.49. The molecule has 0 bridgehead atoms. The van der Waals surface area contributed by atoms with Crippen molar-refractivity contribution in [3.63, 3.8) is 0 Å². The van der Waals surface area contributed by atoms with Crippen molar-refractivity contribution in [1.82, 2.24) is 10.6 Å². The Balaban J connectivity index is 1.67. The van der Waals surface area contributed by atoms with Crippen LogP contribution < -0.4 is 10.6 Å². The number of amides is 1. The molecule has 2 N–H and O–H groups in total.